The zero-order valence-electron chi connectivity index (χ0n) is 35.0. The maximum absolute atomic E-state index is 6.87. The molecule has 1 aliphatic rings. The smallest absolute Gasteiger partial charge is 0.138 e. The quantitative estimate of drug-likeness (QED) is 0.174. The number of hydrogen-bond donors (Lipinski definition) is 0. The van der Waals surface area contributed by atoms with Gasteiger partial charge in [0.1, 0.15) is 11.2 Å². The van der Waals surface area contributed by atoms with E-state index in [1.165, 1.54) is 80.2 Å². The molecule has 3 nitrogen and oxygen atoms in total. The fraction of sp³-hybridized carbons (Fsp3) is 0.102. The van der Waals surface area contributed by atoms with E-state index in [2.05, 4.69) is 206 Å². The third-order valence-corrected chi connectivity index (χ3v) is 15.0. The molecule has 0 bridgehead atoms. The topological polar surface area (TPSA) is 30.4 Å². The fourth-order valence-electron chi connectivity index (χ4n) is 10.8. The Labute approximate surface area is 368 Å². The van der Waals surface area contributed by atoms with Crippen molar-refractivity contribution in [2.75, 3.05) is 0 Å². The maximum atomic E-state index is 6.87. The zero-order chi connectivity index (χ0) is 41.8. The van der Waals surface area contributed by atoms with Crippen LogP contribution in [-0.2, 0) is 0 Å². The van der Waals surface area contributed by atoms with Gasteiger partial charge in [0.05, 0.1) is 22.8 Å². The molecule has 63 heavy (non-hydrogen) atoms. The van der Waals surface area contributed by atoms with E-state index in [0.717, 1.165) is 45.3 Å². The normalized spacial score (nSPS) is 19.0. The maximum Gasteiger partial charge on any atom is 0.138 e. The first-order valence-corrected chi connectivity index (χ1v) is 22.9. The molecule has 12 aromatic rings. The van der Waals surface area contributed by atoms with Crippen molar-refractivity contribution in [3.8, 4) is 5.69 Å². The largest absolute Gasteiger partial charge is 0.456 e. The number of allylic oxidation sites excluding steroid dienone is 1. The Morgan fingerprint density at radius 2 is 1.22 bits per heavy atom. The van der Waals surface area contributed by atoms with Crippen molar-refractivity contribution in [1.29, 1.82) is 0 Å². The van der Waals surface area contributed by atoms with E-state index in [0.29, 0.717) is 0 Å². The average molecular weight is 827 g/mol. The summed E-state index contributed by atoms with van der Waals surface area (Å²) >= 11 is 1.90. The number of para-hydroxylation sites is 2. The van der Waals surface area contributed by atoms with Gasteiger partial charge in [0.2, 0.25) is 0 Å². The Hall–Kier alpha value is -7.27. The lowest BCUT2D eigenvalue weighted by molar-refractivity contribution is 0.573. The Kier molecular flexibility index (Phi) is 8.16. The van der Waals surface area contributed by atoms with Crippen LogP contribution in [0.4, 0.5) is 0 Å². The number of hydrogen-bond acceptors (Lipinski definition) is 3. The molecule has 0 fully saturated rings. The summed E-state index contributed by atoms with van der Waals surface area (Å²) in [5.74, 6) is 0.167. The van der Waals surface area contributed by atoms with Crippen molar-refractivity contribution in [2.45, 2.75) is 26.3 Å². The summed E-state index contributed by atoms with van der Waals surface area (Å²) in [7, 11) is 0. The van der Waals surface area contributed by atoms with Crippen LogP contribution >= 0.6 is 11.3 Å². The molecule has 3 aromatic heterocycles. The molecule has 0 aliphatic carbocycles. The molecular weight excluding hydrogens is 785 g/mol. The molecule has 0 saturated carbocycles. The van der Waals surface area contributed by atoms with Gasteiger partial charge in [-0.15, -0.1) is 11.3 Å². The molecule has 300 valence electrons. The Balaban J connectivity index is 1.10. The van der Waals surface area contributed by atoms with Gasteiger partial charge in [-0.1, -0.05) is 159 Å². The lowest BCUT2D eigenvalue weighted by atomic mass is 9.79. The molecule has 0 N–H and O–H groups in total. The van der Waals surface area contributed by atoms with E-state index < -0.39 is 0 Å². The predicted molar refractivity (Wildman–Crippen MR) is 269 cm³/mol. The SMILES string of the molecule is CC1C/C=C(\c2cccc3ccccc23)C(C)C(c2cccc3c2sc2ccccc23)/N=C\1c1cc(-n2c3ccccc3c3cc4ccccc4cc32)cc2oc3ccccc3c12. The molecule has 0 radical (unpaired) electrons. The monoisotopic (exact) mass is 826 g/mol. The van der Waals surface area contributed by atoms with E-state index in [4.69, 9.17) is 9.41 Å². The van der Waals surface area contributed by atoms with Crippen molar-refractivity contribution >= 4 is 108 Å². The number of thiophene rings is 1. The van der Waals surface area contributed by atoms with Gasteiger partial charge in [0.25, 0.3) is 0 Å². The predicted octanol–water partition coefficient (Wildman–Crippen LogP) is 16.6. The van der Waals surface area contributed by atoms with Crippen LogP contribution in [0.2, 0.25) is 0 Å². The molecule has 4 heterocycles. The molecule has 0 saturated heterocycles. The van der Waals surface area contributed by atoms with E-state index in [1.807, 2.05) is 11.3 Å². The molecule has 3 unspecified atom stereocenters. The minimum atomic E-state index is -0.166. The van der Waals surface area contributed by atoms with E-state index in [1.54, 1.807) is 0 Å². The molecule has 0 spiro atoms. The number of rotatable bonds is 4. The summed E-state index contributed by atoms with van der Waals surface area (Å²) in [4.78, 5) is 6.17. The minimum Gasteiger partial charge on any atom is -0.456 e. The lowest BCUT2D eigenvalue weighted by Gasteiger charge is -2.30. The second-order valence-corrected chi connectivity index (χ2v) is 18.5. The first-order chi connectivity index (χ1) is 31.1. The van der Waals surface area contributed by atoms with Crippen molar-refractivity contribution in [1.82, 2.24) is 4.57 Å². The number of furan rings is 1. The average Bonchev–Trinajstić information content (AvgIpc) is 4.00. The van der Waals surface area contributed by atoms with Gasteiger partial charge in [0.15, 0.2) is 0 Å². The van der Waals surface area contributed by atoms with Gasteiger partial charge < -0.3 is 8.98 Å². The van der Waals surface area contributed by atoms with Crippen LogP contribution in [0.1, 0.15) is 43.0 Å². The summed E-state index contributed by atoms with van der Waals surface area (Å²) in [6.07, 6.45) is 3.39. The minimum absolute atomic E-state index is 0.0690. The van der Waals surface area contributed by atoms with Gasteiger partial charge in [-0.3, -0.25) is 4.99 Å². The number of nitrogens with zero attached hydrogens (tertiary/aromatic N) is 2. The number of aliphatic imine (C=N–C) groups is 1. The van der Waals surface area contributed by atoms with Crippen LogP contribution in [0, 0.1) is 11.8 Å². The van der Waals surface area contributed by atoms with Crippen LogP contribution in [0.15, 0.2) is 197 Å². The van der Waals surface area contributed by atoms with Crippen molar-refractivity contribution in [3.05, 3.63) is 205 Å². The molecule has 0 amide bonds. The highest BCUT2D eigenvalue weighted by Gasteiger charge is 2.32. The van der Waals surface area contributed by atoms with E-state index >= 15 is 0 Å². The van der Waals surface area contributed by atoms with Crippen molar-refractivity contribution < 1.29 is 4.42 Å². The first kappa shape index (κ1) is 36.4. The van der Waals surface area contributed by atoms with Gasteiger partial charge >= 0.3 is 0 Å². The van der Waals surface area contributed by atoms with E-state index in [-0.39, 0.29) is 17.9 Å². The standard InChI is InChI=1S/C59H42N2OS/c1-35-29-30-41(43-23-13-18-37-15-5-6-19-42(37)43)36(2)58(48-25-14-24-46-45-21-9-12-28-55(45)63-59(46)48)60-57(35)50-33-40(34-54-56(50)47-22-8-11-27-53(47)62-54)61-51-26-10-7-20-44(51)49-31-38-16-3-4-17-39(38)32-52(49)61/h3-28,30-36,58H,29H2,1-2H3/b41-30-,60-57+. The van der Waals surface area contributed by atoms with Gasteiger partial charge in [-0.05, 0) is 81.1 Å². The molecule has 1 aliphatic heterocycles. The van der Waals surface area contributed by atoms with Crippen LogP contribution in [0.25, 0.3) is 96.7 Å². The van der Waals surface area contributed by atoms with Crippen molar-refractivity contribution in [2.24, 2.45) is 16.8 Å². The second-order valence-electron chi connectivity index (χ2n) is 17.4. The summed E-state index contributed by atoms with van der Waals surface area (Å²) < 4.78 is 11.9. The Bertz CT molecular complexity index is 3890. The van der Waals surface area contributed by atoms with E-state index in [9.17, 15) is 0 Å². The van der Waals surface area contributed by atoms with Crippen LogP contribution in [0.3, 0.4) is 0 Å². The Morgan fingerprint density at radius 3 is 2.10 bits per heavy atom. The van der Waals surface area contributed by atoms with Crippen molar-refractivity contribution in [3.63, 3.8) is 0 Å². The van der Waals surface area contributed by atoms with Crippen LogP contribution < -0.4 is 0 Å². The summed E-state index contributed by atoms with van der Waals surface area (Å²) in [5.41, 5.74) is 11.3. The Morgan fingerprint density at radius 1 is 0.540 bits per heavy atom. The molecular formula is C59H42N2OS. The fourth-order valence-corrected chi connectivity index (χ4v) is 12.0. The summed E-state index contributed by atoms with van der Waals surface area (Å²) in [6, 6.07) is 66.5. The van der Waals surface area contributed by atoms with Gasteiger partial charge in [-0.2, -0.15) is 0 Å². The number of benzene rings is 9. The third kappa shape index (κ3) is 5.61. The van der Waals surface area contributed by atoms with Gasteiger partial charge in [-0.25, -0.2) is 0 Å². The zero-order valence-corrected chi connectivity index (χ0v) is 35.9. The highest BCUT2D eigenvalue weighted by atomic mass is 32.1. The molecule has 13 rings (SSSR count). The number of fused-ring (bicyclic) bond motifs is 11. The summed E-state index contributed by atoms with van der Waals surface area (Å²) in [6.45, 7) is 4.78. The highest BCUT2D eigenvalue weighted by Crippen LogP contribution is 2.47. The highest BCUT2D eigenvalue weighted by molar-refractivity contribution is 7.26. The molecule has 4 heteroatoms. The molecule has 9 aromatic carbocycles. The molecule has 3 atom stereocenters. The third-order valence-electron chi connectivity index (χ3n) is 13.8. The summed E-state index contributed by atoms with van der Waals surface area (Å²) in [5, 5.41) is 12.3. The lowest BCUT2D eigenvalue weighted by Crippen LogP contribution is -2.21. The second kappa shape index (κ2) is 14.1. The van der Waals surface area contributed by atoms with Gasteiger partial charge in [0, 0.05) is 70.9 Å². The number of aromatic nitrogens is 1. The van der Waals surface area contributed by atoms with Crippen LogP contribution in [0.5, 0.6) is 0 Å². The first-order valence-electron chi connectivity index (χ1n) is 22.1. The van der Waals surface area contributed by atoms with Crippen LogP contribution in [-0.4, -0.2) is 10.3 Å².